The maximum Gasteiger partial charge on any atom is 0.151 e. The SMILES string of the molecule is COC1CCN(CC(=O)Cc2ccccc2)C1. The van der Waals surface area contributed by atoms with Crippen molar-refractivity contribution in [1.82, 2.24) is 4.90 Å². The van der Waals surface area contributed by atoms with Crippen LogP contribution in [0.2, 0.25) is 0 Å². The van der Waals surface area contributed by atoms with Gasteiger partial charge < -0.3 is 4.74 Å². The fraction of sp³-hybridized carbons (Fsp3) is 0.500. The first kappa shape index (κ1) is 12.3. The lowest BCUT2D eigenvalue weighted by molar-refractivity contribution is -0.119. The van der Waals surface area contributed by atoms with Crippen LogP contribution in [-0.2, 0) is 16.0 Å². The van der Waals surface area contributed by atoms with Crippen LogP contribution in [0.5, 0.6) is 0 Å². The smallest absolute Gasteiger partial charge is 0.151 e. The van der Waals surface area contributed by atoms with Crippen LogP contribution in [0.3, 0.4) is 0 Å². The molecule has 3 nitrogen and oxygen atoms in total. The molecule has 0 aliphatic carbocycles. The van der Waals surface area contributed by atoms with Crippen LogP contribution in [0.25, 0.3) is 0 Å². The quantitative estimate of drug-likeness (QED) is 0.772. The Morgan fingerprint density at radius 1 is 1.41 bits per heavy atom. The highest BCUT2D eigenvalue weighted by Crippen LogP contribution is 2.11. The van der Waals surface area contributed by atoms with E-state index in [1.807, 2.05) is 30.3 Å². The summed E-state index contributed by atoms with van der Waals surface area (Å²) >= 11 is 0. The van der Waals surface area contributed by atoms with E-state index in [4.69, 9.17) is 4.74 Å². The van der Waals surface area contributed by atoms with Gasteiger partial charge >= 0.3 is 0 Å². The molecule has 0 radical (unpaired) electrons. The van der Waals surface area contributed by atoms with Gasteiger partial charge in [0.05, 0.1) is 12.6 Å². The van der Waals surface area contributed by atoms with Gasteiger partial charge in [-0.15, -0.1) is 0 Å². The van der Waals surface area contributed by atoms with Gasteiger partial charge in [-0.1, -0.05) is 30.3 Å². The highest BCUT2D eigenvalue weighted by molar-refractivity contribution is 5.82. The first-order chi connectivity index (χ1) is 8.28. The van der Waals surface area contributed by atoms with Gasteiger partial charge in [-0.05, 0) is 12.0 Å². The Morgan fingerprint density at radius 3 is 2.82 bits per heavy atom. The molecule has 17 heavy (non-hydrogen) atoms. The molecule has 2 rings (SSSR count). The Morgan fingerprint density at radius 2 is 2.18 bits per heavy atom. The van der Waals surface area contributed by atoms with E-state index in [-0.39, 0.29) is 5.78 Å². The zero-order valence-electron chi connectivity index (χ0n) is 10.3. The molecule has 0 amide bonds. The van der Waals surface area contributed by atoms with Crippen molar-refractivity contribution >= 4 is 5.78 Å². The number of ketones is 1. The zero-order valence-corrected chi connectivity index (χ0v) is 10.3. The molecular weight excluding hydrogens is 214 g/mol. The summed E-state index contributed by atoms with van der Waals surface area (Å²) in [5, 5.41) is 0. The third-order valence-electron chi connectivity index (χ3n) is 3.21. The Hall–Kier alpha value is -1.19. The molecule has 1 aliphatic rings. The number of methoxy groups -OCH3 is 1. The van der Waals surface area contributed by atoms with Crippen LogP contribution >= 0.6 is 0 Å². The summed E-state index contributed by atoms with van der Waals surface area (Å²) in [4.78, 5) is 14.1. The number of benzene rings is 1. The molecule has 92 valence electrons. The van der Waals surface area contributed by atoms with Crippen LogP contribution in [0.1, 0.15) is 12.0 Å². The third-order valence-corrected chi connectivity index (χ3v) is 3.21. The molecule has 0 N–H and O–H groups in total. The van der Waals surface area contributed by atoms with E-state index < -0.39 is 0 Å². The highest BCUT2D eigenvalue weighted by atomic mass is 16.5. The Labute approximate surface area is 102 Å². The molecule has 0 saturated carbocycles. The summed E-state index contributed by atoms with van der Waals surface area (Å²) < 4.78 is 5.29. The Kier molecular flexibility index (Phi) is 4.29. The number of Topliss-reactive ketones (excluding diaryl/α,β-unsaturated/α-hetero) is 1. The molecule has 1 saturated heterocycles. The van der Waals surface area contributed by atoms with E-state index in [0.29, 0.717) is 19.1 Å². The molecule has 1 unspecified atom stereocenters. The van der Waals surface area contributed by atoms with Crippen molar-refractivity contribution in [3.05, 3.63) is 35.9 Å². The number of hydrogen-bond donors (Lipinski definition) is 0. The van der Waals surface area contributed by atoms with Crippen molar-refractivity contribution in [3.8, 4) is 0 Å². The minimum atomic E-state index is 0.285. The number of carbonyl (C=O) groups excluding carboxylic acids is 1. The number of rotatable bonds is 5. The summed E-state index contributed by atoms with van der Waals surface area (Å²) in [6, 6.07) is 9.91. The lowest BCUT2D eigenvalue weighted by Crippen LogP contribution is -2.29. The lowest BCUT2D eigenvalue weighted by atomic mass is 10.1. The van der Waals surface area contributed by atoms with Crippen molar-refractivity contribution in [3.63, 3.8) is 0 Å². The van der Waals surface area contributed by atoms with E-state index >= 15 is 0 Å². The molecule has 3 heteroatoms. The standard InChI is InChI=1S/C14H19NO2/c1-17-14-7-8-15(11-14)10-13(16)9-12-5-3-2-4-6-12/h2-6,14H,7-11H2,1H3. The summed E-state index contributed by atoms with van der Waals surface area (Å²) in [7, 11) is 1.74. The van der Waals surface area contributed by atoms with Crippen LogP contribution in [0.15, 0.2) is 30.3 Å². The van der Waals surface area contributed by atoms with Gasteiger partial charge in [0, 0.05) is 26.6 Å². The summed E-state index contributed by atoms with van der Waals surface area (Å²) in [5.74, 6) is 0.285. The van der Waals surface area contributed by atoms with Crippen molar-refractivity contribution in [1.29, 1.82) is 0 Å². The fourth-order valence-corrected chi connectivity index (χ4v) is 2.26. The molecule has 0 bridgehead atoms. The first-order valence-corrected chi connectivity index (χ1v) is 6.08. The van der Waals surface area contributed by atoms with Crippen LogP contribution < -0.4 is 0 Å². The normalized spacial score (nSPS) is 20.6. The Balaban J connectivity index is 1.78. The van der Waals surface area contributed by atoms with Gasteiger partial charge in [-0.3, -0.25) is 9.69 Å². The minimum Gasteiger partial charge on any atom is -0.380 e. The fourth-order valence-electron chi connectivity index (χ4n) is 2.26. The number of hydrogen-bond acceptors (Lipinski definition) is 3. The second kappa shape index (κ2) is 5.94. The topological polar surface area (TPSA) is 29.5 Å². The van der Waals surface area contributed by atoms with Crippen molar-refractivity contribution < 1.29 is 9.53 Å². The molecule has 0 aromatic heterocycles. The molecular formula is C14H19NO2. The van der Waals surface area contributed by atoms with Gasteiger partial charge in [0.25, 0.3) is 0 Å². The molecule has 1 aliphatic heterocycles. The van der Waals surface area contributed by atoms with Crippen LogP contribution in [-0.4, -0.2) is 43.5 Å². The largest absolute Gasteiger partial charge is 0.380 e. The van der Waals surface area contributed by atoms with Gasteiger partial charge in [0.15, 0.2) is 5.78 Å². The van der Waals surface area contributed by atoms with Gasteiger partial charge in [0.2, 0.25) is 0 Å². The Bertz CT molecular complexity index is 364. The second-order valence-corrected chi connectivity index (χ2v) is 4.58. The van der Waals surface area contributed by atoms with E-state index in [0.717, 1.165) is 25.1 Å². The average Bonchev–Trinajstić information content (AvgIpc) is 2.78. The van der Waals surface area contributed by atoms with Crippen molar-refractivity contribution in [2.24, 2.45) is 0 Å². The number of ether oxygens (including phenoxy) is 1. The summed E-state index contributed by atoms with van der Waals surface area (Å²) in [5.41, 5.74) is 1.10. The predicted molar refractivity (Wildman–Crippen MR) is 67.0 cm³/mol. The minimum absolute atomic E-state index is 0.285. The van der Waals surface area contributed by atoms with E-state index in [1.54, 1.807) is 7.11 Å². The zero-order chi connectivity index (χ0) is 12.1. The molecule has 1 fully saturated rings. The number of likely N-dealkylation sites (tertiary alicyclic amines) is 1. The summed E-state index contributed by atoms with van der Waals surface area (Å²) in [6.45, 7) is 2.41. The monoisotopic (exact) mass is 233 g/mol. The van der Waals surface area contributed by atoms with Gasteiger partial charge in [0.1, 0.15) is 0 Å². The number of carbonyl (C=O) groups is 1. The molecule has 1 aromatic rings. The second-order valence-electron chi connectivity index (χ2n) is 4.58. The van der Waals surface area contributed by atoms with Crippen LogP contribution in [0.4, 0.5) is 0 Å². The maximum absolute atomic E-state index is 11.9. The van der Waals surface area contributed by atoms with Crippen molar-refractivity contribution in [2.45, 2.75) is 18.9 Å². The summed E-state index contributed by atoms with van der Waals surface area (Å²) in [6.07, 6.45) is 1.88. The van der Waals surface area contributed by atoms with Gasteiger partial charge in [-0.25, -0.2) is 0 Å². The third kappa shape index (κ3) is 3.65. The number of nitrogens with zero attached hydrogens (tertiary/aromatic N) is 1. The van der Waals surface area contributed by atoms with Crippen molar-refractivity contribution in [2.75, 3.05) is 26.7 Å². The molecule has 1 heterocycles. The highest BCUT2D eigenvalue weighted by Gasteiger charge is 2.23. The van der Waals surface area contributed by atoms with Gasteiger partial charge in [-0.2, -0.15) is 0 Å². The van der Waals surface area contributed by atoms with E-state index in [2.05, 4.69) is 4.90 Å². The average molecular weight is 233 g/mol. The predicted octanol–water partition coefficient (Wildman–Crippen LogP) is 1.52. The molecule has 1 atom stereocenters. The van der Waals surface area contributed by atoms with Crippen LogP contribution in [0, 0.1) is 0 Å². The lowest BCUT2D eigenvalue weighted by Gasteiger charge is -2.14. The maximum atomic E-state index is 11.9. The molecule has 1 aromatic carbocycles. The van der Waals surface area contributed by atoms with E-state index in [9.17, 15) is 4.79 Å². The van der Waals surface area contributed by atoms with E-state index in [1.165, 1.54) is 0 Å². The first-order valence-electron chi connectivity index (χ1n) is 6.08. The molecule has 0 spiro atoms.